The molecule has 6 heteroatoms. The summed E-state index contributed by atoms with van der Waals surface area (Å²) in [5.74, 6) is 0. The first kappa shape index (κ1) is 14.8. The molecule has 0 bridgehead atoms. The third-order valence-corrected chi connectivity index (χ3v) is 2.72. The van der Waals surface area contributed by atoms with E-state index >= 15 is 0 Å². The van der Waals surface area contributed by atoms with Crippen molar-refractivity contribution in [2.24, 2.45) is 0 Å². The highest BCUT2D eigenvalue weighted by Gasteiger charge is 2.13. The van der Waals surface area contributed by atoms with Gasteiger partial charge in [-0.3, -0.25) is 0 Å². The molecule has 0 atom stereocenters. The van der Waals surface area contributed by atoms with Gasteiger partial charge in [-0.15, -0.1) is 0 Å². The Bertz CT molecular complexity index is 406. The Hall–Kier alpha value is -1.30. The summed E-state index contributed by atoms with van der Waals surface area (Å²) in [5.41, 5.74) is 1.49. The molecule has 0 radical (unpaired) electrons. The molecule has 0 aliphatic rings. The van der Waals surface area contributed by atoms with Gasteiger partial charge in [-0.2, -0.15) is 0 Å². The molecule has 2 amide bonds. The lowest BCUT2D eigenvalue weighted by molar-refractivity contribution is 0.167. The van der Waals surface area contributed by atoms with Crippen LogP contribution in [0.4, 0.5) is 10.5 Å². The Morgan fingerprint density at radius 1 is 1.33 bits per heavy atom. The van der Waals surface area contributed by atoms with Gasteiger partial charge in [-0.25, -0.2) is 4.79 Å². The molecule has 0 fully saturated rings. The van der Waals surface area contributed by atoms with E-state index in [1.807, 2.05) is 13.0 Å². The molecular weight excluding hydrogens is 256 g/mol. The maximum absolute atomic E-state index is 11.9. The summed E-state index contributed by atoms with van der Waals surface area (Å²) in [6.45, 7) is 1.90. The Kier molecular flexibility index (Phi) is 5.91. The molecular formula is C12H17ClN2O3. The first-order valence-corrected chi connectivity index (χ1v) is 6.00. The molecule has 18 heavy (non-hydrogen) atoms. The molecule has 0 aliphatic carbocycles. The standard InChI is InChI=1S/C12H17ClN2O3/c1-9-2-3-10(13)11(8-9)14-12(18)15(4-6-16)5-7-17/h2-3,8,16-17H,4-7H2,1H3,(H,14,18). The number of aryl methyl sites for hydroxylation is 1. The predicted molar refractivity (Wildman–Crippen MR) is 71.0 cm³/mol. The number of nitrogens with zero attached hydrogens (tertiary/aromatic N) is 1. The van der Waals surface area contributed by atoms with Crippen LogP contribution >= 0.6 is 11.6 Å². The molecule has 1 aromatic carbocycles. The Balaban J connectivity index is 2.75. The van der Waals surface area contributed by atoms with Gasteiger partial charge >= 0.3 is 6.03 Å². The van der Waals surface area contributed by atoms with Gasteiger partial charge in [0.05, 0.1) is 23.9 Å². The second-order valence-electron chi connectivity index (χ2n) is 3.85. The summed E-state index contributed by atoms with van der Waals surface area (Å²) in [6.07, 6.45) is 0. The van der Waals surface area contributed by atoms with Crippen LogP contribution in [0.3, 0.4) is 0 Å². The molecule has 0 aliphatic heterocycles. The van der Waals surface area contributed by atoms with Gasteiger partial charge in [0.1, 0.15) is 0 Å². The normalized spacial score (nSPS) is 10.2. The lowest BCUT2D eigenvalue weighted by atomic mass is 10.2. The minimum absolute atomic E-state index is 0.158. The molecule has 0 heterocycles. The maximum Gasteiger partial charge on any atom is 0.322 e. The Morgan fingerprint density at radius 3 is 2.50 bits per heavy atom. The van der Waals surface area contributed by atoms with Crippen molar-refractivity contribution in [2.45, 2.75) is 6.92 Å². The van der Waals surface area contributed by atoms with E-state index in [2.05, 4.69) is 5.32 Å². The highest BCUT2D eigenvalue weighted by atomic mass is 35.5. The highest BCUT2D eigenvalue weighted by molar-refractivity contribution is 6.33. The van der Waals surface area contributed by atoms with Crippen LogP contribution in [0.1, 0.15) is 5.56 Å². The molecule has 100 valence electrons. The molecule has 0 aromatic heterocycles. The molecule has 0 saturated heterocycles. The van der Waals surface area contributed by atoms with Crippen molar-refractivity contribution in [1.29, 1.82) is 0 Å². The SMILES string of the molecule is Cc1ccc(Cl)c(NC(=O)N(CCO)CCO)c1. The molecule has 3 N–H and O–H groups in total. The molecule has 0 spiro atoms. The highest BCUT2D eigenvalue weighted by Crippen LogP contribution is 2.22. The van der Waals surface area contributed by atoms with Gasteiger partial charge in [-0.05, 0) is 24.6 Å². The zero-order valence-corrected chi connectivity index (χ0v) is 10.9. The van der Waals surface area contributed by atoms with Gasteiger partial charge in [0.2, 0.25) is 0 Å². The number of halogens is 1. The van der Waals surface area contributed by atoms with E-state index in [4.69, 9.17) is 21.8 Å². The van der Waals surface area contributed by atoms with E-state index in [-0.39, 0.29) is 26.3 Å². The number of rotatable bonds is 5. The first-order valence-electron chi connectivity index (χ1n) is 5.62. The van der Waals surface area contributed by atoms with Crippen molar-refractivity contribution < 1.29 is 15.0 Å². The number of carbonyl (C=O) groups is 1. The third kappa shape index (κ3) is 4.18. The average Bonchev–Trinajstić information content (AvgIpc) is 2.33. The van der Waals surface area contributed by atoms with Crippen molar-refractivity contribution in [3.8, 4) is 0 Å². The number of aliphatic hydroxyl groups is 2. The number of amides is 2. The van der Waals surface area contributed by atoms with Crippen LogP contribution in [0.25, 0.3) is 0 Å². The van der Waals surface area contributed by atoms with Crippen LogP contribution in [0.15, 0.2) is 18.2 Å². The summed E-state index contributed by atoms with van der Waals surface area (Å²) in [6, 6.07) is 4.91. The lowest BCUT2D eigenvalue weighted by Gasteiger charge is -2.21. The van der Waals surface area contributed by atoms with Crippen LogP contribution in [0.2, 0.25) is 5.02 Å². The second kappa shape index (κ2) is 7.20. The van der Waals surface area contributed by atoms with Gasteiger partial charge in [0.15, 0.2) is 0 Å². The number of nitrogens with one attached hydrogen (secondary N) is 1. The van der Waals surface area contributed by atoms with Crippen molar-refractivity contribution in [3.05, 3.63) is 28.8 Å². The molecule has 5 nitrogen and oxygen atoms in total. The fraction of sp³-hybridized carbons (Fsp3) is 0.417. The van der Waals surface area contributed by atoms with Crippen molar-refractivity contribution in [2.75, 3.05) is 31.6 Å². The molecule has 0 saturated carbocycles. The lowest BCUT2D eigenvalue weighted by Crippen LogP contribution is -2.39. The third-order valence-electron chi connectivity index (χ3n) is 2.39. The summed E-state index contributed by atoms with van der Waals surface area (Å²) < 4.78 is 0. The van der Waals surface area contributed by atoms with E-state index in [1.165, 1.54) is 4.90 Å². The van der Waals surface area contributed by atoms with E-state index in [1.54, 1.807) is 12.1 Å². The fourth-order valence-electron chi connectivity index (χ4n) is 1.49. The number of carbonyl (C=O) groups excluding carboxylic acids is 1. The monoisotopic (exact) mass is 272 g/mol. The minimum atomic E-state index is -0.398. The number of urea groups is 1. The second-order valence-corrected chi connectivity index (χ2v) is 4.25. The topological polar surface area (TPSA) is 72.8 Å². The summed E-state index contributed by atoms with van der Waals surface area (Å²) in [7, 11) is 0. The van der Waals surface area contributed by atoms with Crippen LogP contribution in [-0.4, -0.2) is 47.4 Å². The van der Waals surface area contributed by atoms with E-state index < -0.39 is 6.03 Å². The zero-order chi connectivity index (χ0) is 13.5. The number of anilines is 1. The van der Waals surface area contributed by atoms with Gasteiger partial charge in [0.25, 0.3) is 0 Å². The summed E-state index contributed by atoms with van der Waals surface area (Å²) in [5, 5.41) is 20.8. The Labute approximate surface area is 111 Å². The van der Waals surface area contributed by atoms with Gasteiger partial charge in [-0.1, -0.05) is 17.7 Å². The van der Waals surface area contributed by atoms with Crippen molar-refractivity contribution in [3.63, 3.8) is 0 Å². The first-order chi connectivity index (χ1) is 8.58. The maximum atomic E-state index is 11.9. The average molecular weight is 273 g/mol. The fourth-order valence-corrected chi connectivity index (χ4v) is 1.65. The van der Waals surface area contributed by atoms with Gasteiger partial charge < -0.3 is 20.4 Å². The van der Waals surface area contributed by atoms with Crippen LogP contribution in [-0.2, 0) is 0 Å². The minimum Gasteiger partial charge on any atom is -0.395 e. The van der Waals surface area contributed by atoms with E-state index in [0.717, 1.165) is 5.56 Å². The van der Waals surface area contributed by atoms with Crippen LogP contribution < -0.4 is 5.32 Å². The number of hydrogen-bond acceptors (Lipinski definition) is 3. The number of hydrogen-bond donors (Lipinski definition) is 3. The summed E-state index contributed by atoms with van der Waals surface area (Å²) >= 11 is 5.97. The van der Waals surface area contributed by atoms with E-state index in [0.29, 0.717) is 10.7 Å². The smallest absolute Gasteiger partial charge is 0.322 e. The largest absolute Gasteiger partial charge is 0.395 e. The van der Waals surface area contributed by atoms with Crippen LogP contribution in [0, 0.1) is 6.92 Å². The predicted octanol–water partition coefficient (Wildman–Crippen LogP) is 1.47. The zero-order valence-electron chi connectivity index (χ0n) is 10.2. The van der Waals surface area contributed by atoms with Crippen molar-refractivity contribution >= 4 is 23.3 Å². The number of aliphatic hydroxyl groups excluding tert-OH is 2. The van der Waals surface area contributed by atoms with Gasteiger partial charge in [0, 0.05) is 13.1 Å². The van der Waals surface area contributed by atoms with Crippen molar-refractivity contribution in [1.82, 2.24) is 4.90 Å². The summed E-state index contributed by atoms with van der Waals surface area (Å²) in [4.78, 5) is 13.2. The molecule has 0 unspecified atom stereocenters. The number of benzene rings is 1. The molecule has 1 aromatic rings. The van der Waals surface area contributed by atoms with Crippen LogP contribution in [0.5, 0.6) is 0 Å². The van der Waals surface area contributed by atoms with E-state index in [9.17, 15) is 4.79 Å². The molecule has 1 rings (SSSR count). The quantitative estimate of drug-likeness (QED) is 0.760. The Morgan fingerprint density at radius 2 is 1.94 bits per heavy atom.